The van der Waals surface area contributed by atoms with Crippen molar-refractivity contribution in [2.75, 3.05) is 5.75 Å². The first-order valence-corrected chi connectivity index (χ1v) is 9.85. The smallest absolute Gasteiger partial charge is 0.316 e. The van der Waals surface area contributed by atoms with Crippen LogP contribution >= 0.6 is 11.8 Å². The first kappa shape index (κ1) is 24.2. The summed E-state index contributed by atoms with van der Waals surface area (Å²) in [6, 6.07) is 0. The molecule has 0 N–H and O–H groups in total. The van der Waals surface area contributed by atoms with Gasteiger partial charge >= 0.3 is 23.9 Å². The summed E-state index contributed by atoms with van der Waals surface area (Å²) in [7, 11) is 0. The Bertz CT molecular complexity index is 598. The molecule has 1 heterocycles. The number of carbonyl (C=O) groups is 4. The Morgan fingerprint density at radius 3 is 1.79 bits per heavy atom. The van der Waals surface area contributed by atoms with Gasteiger partial charge in [0.05, 0.1) is 11.9 Å². The third-order valence-corrected chi connectivity index (χ3v) is 4.53. The topological polar surface area (TPSA) is 114 Å². The van der Waals surface area contributed by atoms with Crippen molar-refractivity contribution in [1.82, 2.24) is 0 Å². The van der Waals surface area contributed by atoms with Gasteiger partial charge in [0.15, 0.2) is 18.3 Å². The molecule has 28 heavy (non-hydrogen) atoms. The third kappa shape index (κ3) is 8.05. The lowest BCUT2D eigenvalue weighted by molar-refractivity contribution is -0.229. The quantitative estimate of drug-likeness (QED) is 0.463. The summed E-state index contributed by atoms with van der Waals surface area (Å²) in [4.78, 5) is 46.7. The van der Waals surface area contributed by atoms with Crippen LogP contribution < -0.4 is 0 Å². The van der Waals surface area contributed by atoms with E-state index in [1.54, 1.807) is 27.7 Å². The molecule has 1 fully saturated rings. The van der Waals surface area contributed by atoms with Crippen molar-refractivity contribution >= 4 is 35.6 Å². The van der Waals surface area contributed by atoms with E-state index in [1.807, 2.05) is 0 Å². The summed E-state index contributed by atoms with van der Waals surface area (Å²) in [5.41, 5.74) is -1.48. The highest BCUT2D eigenvalue weighted by Gasteiger charge is 2.50. The molecule has 5 atom stereocenters. The van der Waals surface area contributed by atoms with Gasteiger partial charge in [0, 0.05) is 20.8 Å². The lowest BCUT2D eigenvalue weighted by Gasteiger charge is -2.43. The highest BCUT2D eigenvalue weighted by atomic mass is 32.2. The van der Waals surface area contributed by atoms with Crippen molar-refractivity contribution in [3.05, 3.63) is 0 Å². The fourth-order valence-electron chi connectivity index (χ4n) is 2.63. The first-order valence-electron chi connectivity index (χ1n) is 8.80. The molecule has 160 valence electrons. The molecule has 0 aromatic rings. The minimum atomic E-state index is -1.08. The van der Waals surface area contributed by atoms with Crippen molar-refractivity contribution in [3.63, 3.8) is 0 Å². The molecule has 1 aliphatic rings. The second-order valence-corrected chi connectivity index (χ2v) is 8.42. The summed E-state index contributed by atoms with van der Waals surface area (Å²) >= 11 is 1.05. The number of rotatable bonds is 6. The molecule has 0 aliphatic carbocycles. The van der Waals surface area contributed by atoms with Gasteiger partial charge in [-0.3, -0.25) is 19.2 Å². The van der Waals surface area contributed by atoms with Gasteiger partial charge in [-0.25, -0.2) is 0 Å². The summed E-state index contributed by atoms with van der Waals surface area (Å²) in [5.74, 6) is -2.41. The molecule has 0 aromatic heterocycles. The SMILES string of the molecule is CC(=O)O[C@@H]1[C@H](OC(C)=O)[C@H](C)O[C@@H](SCC(=O)OC(C)(C)C)[C@H]1OC(C)=O. The van der Waals surface area contributed by atoms with Crippen LogP contribution in [0.3, 0.4) is 0 Å². The Kier molecular flexibility index (Phi) is 8.75. The van der Waals surface area contributed by atoms with E-state index in [1.165, 1.54) is 20.8 Å². The van der Waals surface area contributed by atoms with Gasteiger partial charge < -0.3 is 23.7 Å². The Labute approximate surface area is 168 Å². The highest BCUT2D eigenvalue weighted by Crippen LogP contribution is 2.34. The minimum Gasteiger partial charge on any atom is -0.459 e. The molecule has 0 bridgehead atoms. The molecule has 0 aromatic carbocycles. The number of ether oxygens (including phenoxy) is 5. The Balaban J connectivity index is 3.03. The van der Waals surface area contributed by atoms with Crippen LogP contribution in [0.25, 0.3) is 0 Å². The largest absolute Gasteiger partial charge is 0.459 e. The second-order valence-electron chi connectivity index (χ2n) is 7.33. The fraction of sp³-hybridized carbons (Fsp3) is 0.778. The highest BCUT2D eigenvalue weighted by molar-refractivity contribution is 8.00. The minimum absolute atomic E-state index is 0.0720. The van der Waals surface area contributed by atoms with Crippen molar-refractivity contribution in [3.8, 4) is 0 Å². The van der Waals surface area contributed by atoms with E-state index in [4.69, 9.17) is 23.7 Å². The molecule has 0 radical (unpaired) electrons. The van der Waals surface area contributed by atoms with Crippen LogP contribution in [0.15, 0.2) is 0 Å². The van der Waals surface area contributed by atoms with Crippen LogP contribution in [0.2, 0.25) is 0 Å². The van der Waals surface area contributed by atoms with E-state index >= 15 is 0 Å². The zero-order chi connectivity index (χ0) is 21.6. The average Bonchev–Trinajstić information content (AvgIpc) is 2.49. The molecule has 1 saturated heterocycles. The number of hydrogen-bond acceptors (Lipinski definition) is 10. The maximum atomic E-state index is 12.0. The van der Waals surface area contributed by atoms with Gasteiger partial charge in [0.25, 0.3) is 0 Å². The van der Waals surface area contributed by atoms with Crippen molar-refractivity contribution < 1.29 is 42.9 Å². The molecule has 0 unspecified atom stereocenters. The lowest BCUT2D eigenvalue weighted by Crippen LogP contribution is -2.59. The molecule has 0 saturated carbocycles. The zero-order valence-corrected chi connectivity index (χ0v) is 18.0. The van der Waals surface area contributed by atoms with Gasteiger partial charge in [0.1, 0.15) is 11.0 Å². The maximum Gasteiger partial charge on any atom is 0.316 e. The molecular weight excluding hydrogens is 392 g/mol. The van der Waals surface area contributed by atoms with Gasteiger partial charge in [0.2, 0.25) is 0 Å². The zero-order valence-electron chi connectivity index (χ0n) is 17.2. The van der Waals surface area contributed by atoms with E-state index < -0.39 is 59.3 Å². The summed E-state index contributed by atoms with van der Waals surface area (Å²) in [6.45, 7) is 10.5. The van der Waals surface area contributed by atoms with Crippen molar-refractivity contribution in [2.45, 2.75) is 83.9 Å². The average molecular weight is 420 g/mol. The van der Waals surface area contributed by atoms with E-state index in [-0.39, 0.29) is 5.75 Å². The molecule has 9 nitrogen and oxygen atoms in total. The van der Waals surface area contributed by atoms with Crippen LogP contribution in [0.4, 0.5) is 0 Å². The molecule has 1 rings (SSSR count). The first-order chi connectivity index (χ1) is 12.8. The van der Waals surface area contributed by atoms with E-state index in [9.17, 15) is 19.2 Å². The van der Waals surface area contributed by atoms with Crippen LogP contribution in [-0.4, -0.2) is 65.1 Å². The summed E-state index contributed by atoms with van der Waals surface area (Å²) in [6.07, 6.45) is -3.79. The normalized spacial score (nSPS) is 27.5. The predicted octanol–water partition coefficient (Wildman–Crippen LogP) is 1.60. The summed E-state index contributed by atoms with van der Waals surface area (Å²) in [5, 5.41) is 0. The van der Waals surface area contributed by atoms with E-state index in [0.717, 1.165) is 11.8 Å². The molecule has 0 spiro atoms. The number of esters is 4. The summed E-state index contributed by atoms with van der Waals surface area (Å²) < 4.78 is 26.9. The van der Waals surface area contributed by atoms with Gasteiger partial charge in [-0.1, -0.05) is 0 Å². The monoisotopic (exact) mass is 420 g/mol. The standard InChI is InChI=1S/C18H28O9S/c1-9-14(24-10(2)19)15(25-11(3)20)16(26-12(4)21)17(23-9)28-8-13(22)27-18(5,6)7/h9,14-17H,8H2,1-7H3/t9-,14+,15+,16-,17-/m0/s1. The van der Waals surface area contributed by atoms with E-state index in [2.05, 4.69) is 0 Å². The Morgan fingerprint density at radius 1 is 0.857 bits per heavy atom. The van der Waals surface area contributed by atoms with E-state index in [0.29, 0.717) is 0 Å². The second kappa shape index (κ2) is 10.1. The molecule has 0 amide bonds. The predicted molar refractivity (Wildman–Crippen MR) is 99.3 cm³/mol. The van der Waals surface area contributed by atoms with Crippen LogP contribution in [0.5, 0.6) is 0 Å². The van der Waals surface area contributed by atoms with Crippen LogP contribution in [0.1, 0.15) is 48.5 Å². The van der Waals surface area contributed by atoms with Gasteiger partial charge in [-0.15, -0.1) is 11.8 Å². The van der Waals surface area contributed by atoms with Crippen LogP contribution in [-0.2, 0) is 42.9 Å². The van der Waals surface area contributed by atoms with Gasteiger partial charge in [-0.2, -0.15) is 0 Å². The Hall–Kier alpha value is -1.81. The molecule has 1 aliphatic heterocycles. The number of thioether (sulfide) groups is 1. The third-order valence-electron chi connectivity index (χ3n) is 3.42. The van der Waals surface area contributed by atoms with Gasteiger partial charge in [-0.05, 0) is 27.7 Å². The molecular formula is C18H28O9S. The lowest BCUT2D eigenvalue weighted by atomic mass is 10.00. The van der Waals surface area contributed by atoms with Crippen molar-refractivity contribution in [1.29, 1.82) is 0 Å². The van der Waals surface area contributed by atoms with Crippen molar-refractivity contribution in [2.24, 2.45) is 0 Å². The molecule has 10 heteroatoms. The maximum absolute atomic E-state index is 12.0. The number of hydrogen-bond donors (Lipinski definition) is 0. The Morgan fingerprint density at radius 2 is 1.32 bits per heavy atom. The van der Waals surface area contributed by atoms with Crippen LogP contribution in [0, 0.1) is 0 Å². The fourth-order valence-corrected chi connectivity index (χ4v) is 3.64. The number of carbonyl (C=O) groups excluding carboxylic acids is 4.